The summed E-state index contributed by atoms with van der Waals surface area (Å²) >= 11 is 1.36. The molecule has 1 N–H and O–H groups in total. The topological polar surface area (TPSA) is 76.9 Å². The van der Waals surface area contributed by atoms with Gasteiger partial charge in [0.2, 0.25) is 0 Å². The molecule has 1 aromatic carbocycles. The molecule has 0 radical (unpaired) electrons. The normalized spacial score (nSPS) is 14.0. The zero-order chi connectivity index (χ0) is 18.1. The summed E-state index contributed by atoms with van der Waals surface area (Å²) < 4.78 is 1.27. The standard InChI is InChI=1S/C19H18N4O2S/c1-12(23-17(24)10-14-8-5-9-15(14)22-23)18(25)21-19-20-16(11-26-19)13-6-3-2-4-7-13/h2-4,6-7,10-12H,5,8-9H2,1H3,(H,20,21,25). The van der Waals surface area contributed by atoms with Crippen LogP contribution in [0.5, 0.6) is 0 Å². The van der Waals surface area contributed by atoms with Crippen molar-refractivity contribution in [3.63, 3.8) is 0 Å². The molecular formula is C19H18N4O2S. The van der Waals surface area contributed by atoms with Crippen LogP contribution in [-0.2, 0) is 17.6 Å². The van der Waals surface area contributed by atoms with Gasteiger partial charge in [0.25, 0.3) is 11.5 Å². The fourth-order valence-electron chi connectivity index (χ4n) is 3.09. The summed E-state index contributed by atoms with van der Waals surface area (Å²) in [5.41, 5.74) is 3.49. The summed E-state index contributed by atoms with van der Waals surface area (Å²) in [6, 6.07) is 10.7. The fourth-order valence-corrected chi connectivity index (χ4v) is 3.81. The van der Waals surface area contributed by atoms with Gasteiger partial charge in [0.05, 0.1) is 11.4 Å². The molecule has 6 nitrogen and oxygen atoms in total. The van der Waals surface area contributed by atoms with Crippen molar-refractivity contribution in [2.75, 3.05) is 5.32 Å². The molecule has 0 bridgehead atoms. The first-order chi connectivity index (χ1) is 12.6. The van der Waals surface area contributed by atoms with Gasteiger partial charge in [0.1, 0.15) is 6.04 Å². The number of thiazole rings is 1. The summed E-state index contributed by atoms with van der Waals surface area (Å²) in [6.07, 6.45) is 2.75. The molecule has 0 saturated carbocycles. The van der Waals surface area contributed by atoms with Crippen LogP contribution in [-0.4, -0.2) is 20.7 Å². The van der Waals surface area contributed by atoms with Gasteiger partial charge in [0.15, 0.2) is 5.13 Å². The van der Waals surface area contributed by atoms with Crippen LogP contribution < -0.4 is 10.9 Å². The Balaban J connectivity index is 1.52. The number of carbonyl (C=O) groups excluding carboxylic acids is 1. The minimum Gasteiger partial charge on any atom is -0.300 e. The molecule has 3 aromatic rings. The van der Waals surface area contributed by atoms with E-state index in [4.69, 9.17) is 0 Å². The number of hydrogen-bond acceptors (Lipinski definition) is 5. The zero-order valence-corrected chi connectivity index (χ0v) is 15.1. The molecule has 132 valence electrons. The lowest BCUT2D eigenvalue weighted by atomic mass is 10.2. The second-order valence-electron chi connectivity index (χ2n) is 6.32. The van der Waals surface area contributed by atoms with E-state index in [2.05, 4.69) is 15.4 Å². The van der Waals surface area contributed by atoms with Gasteiger partial charge in [0, 0.05) is 17.0 Å². The predicted octanol–water partition coefficient (Wildman–Crippen LogP) is 3.06. The average molecular weight is 366 g/mol. The minimum atomic E-state index is -0.697. The number of aromatic nitrogens is 3. The molecule has 7 heteroatoms. The van der Waals surface area contributed by atoms with Crippen molar-refractivity contribution in [1.82, 2.24) is 14.8 Å². The number of nitrogens with zero attached hydrogens (tertiary/aromatic N) is 3. The Labute approximate surface area is 154 Å². The maximum absolute atomic E-state index is 12.6. The van der Waals surface area contributed by atoms with E-state index >= 15 is 0 Å². The van der Waals surface area contributed by atoms with Gasteiger partial charge in [-0.2, -0.15) is 5.10 Å². The third-order valence-corrected chi connectivity index (χ3v) is 5.29. The van der Waals surface area contributed by atoms with E-state index in [1.807, 2.05) is 35.7 Å². The molecular weight excluding hydrogens is 348 g/mol. The highest BCUT2D eigenvalue weighted by Gasteiger charge is 2.22. The van der Waals surface area contributed by atoms with Crippen LogP contribution in [0.4, 0.5) is 5.13 Å². The Bertz CT molecular complexity index is 1010. The number of carbonyl (C=O) groups is 1. The van der Waals surface area contributed by atoms with Crippen LogP contribution >= 0.6 is 11.3 Å². The smallest absolute Gasteiger partial charge is 0.267 e. The first-order valence-electron chi connectivity index (χ1n) is 8.55. The molecule has 1 amide bonds. The highest BCUT2D eigenvalue weighted by atomic mass is 32.1. The summed E-state index contributed by atoms with van der Waals surface area (Å²) in [4.78, 5) is 29.3. The minimum absolute atomic E-state index is 0.239. The molecule has 2 heterocycles. The van der Waals surface area contributed by atoms with Crippen LogP contribution in [0.15, 0.2) is 46.6 Å². The van der Waals surface area contributed by atoms with Gasteiger partial charge in [-0.1, -0.05) is 30.3 Å². The highest BCUT2D eigenvalue weighted by molar-refractivity contribution is 7.14. The molecule has 26 heavy (non-hydrogen) atoms. The monoisotopic (exact) mass is 366 g/mol. The van der Waals surface area contributed by atoms with Crippen molar-refractivity contribution < 1.29 is 4.79 Å². The molecule has 0 saturated heterocycles. The number of nitrogens with one attached hydrogen (secondary N) is 1. The van der Waals surface area contributed by atoms with E-state index in [9.17, 15) is 9.59 Å². The van der Waals surface area contributed by atoms with Gasteiger partial charge < -0.3 is 5.32 Å². The Morgan fingerprint density at radius 1 is 1.27 bits per heavy atom. The number of hydrogen-bond donors (Lipinski definition) is 1. The number of fused-ring (bicyclic) bond motifs is 1. The maximum Gasteiger partial charge on any atom is 0.267 e. The van der Waals surface area contributed by atoms with Crippen molar-refractivity contribution in [2.24, 2.45) is 0 Å². The summed E-state index contributed by atoms with van der Waals surface area (Å²) in [6.45, 7) is 1.68. The molecule has 1 aliphatic carbocycles. The largest absolute Gasteiger partial charge is 0.300 e. The number of anilines is 1. The predicted molar refractivity (Wildman–Crippen MR) is 101 cm³/mol. The van der Waals surface area contributed by atoms with E-state index in [1.54, 1.807) is 13.0 Å². The molecule has 1 unspecified atom stereocenters. The Morgan fingerprint density at radius 2 is 2.08 bits per heavy atom. The summed E-state index contributed by atoms with van der Waals surface area (Å²) in [5, 5.41) is 9.60. The molecule has 4 rings (SSSR count). The van der Waals surface area contributed by atoms with Gasteiger partial charge in [-0.05, 0) is 31.7 Å². The average Bonchev–Trinajstić information content (AvgIpc) is 3.30. The number of aryl methyl sites for hydroxylation is 2. The number of rotatable bonds is 4. The van der Waals surface area contributed by atoms with Crippen molar-refractivity contribution in [1.29, 1.82) is 0 Å². The van der Waals surface area contributed by atoms with Crippen LogP contribution in [0, 0.1) is 0 Å². The number of benzene rings is 1. The van der Waals surface area contributed by atoms with Gasteiger partial charge in [-0.3, -0.25) is 9.59 Å². The van der Waals surface area contributed by atoms with E-state index in [0.29, 0.717) is 5.13 Å². The Hall–Kier alpha value is -2.80. The molecule has 1 aliphatic rings. The first-order valence-corrected chi connectivity index (χ1v) is 9.43. The van der Waals surface area contributed by atoms with Crippen LogP contribution in [0.2, 0.25) is 0 Å². The van der Waals surface area contributed by atoms with Crippen LogP contribution in [0.25, 0.3) is 11.3 Å². The molecule has 0 fully saturated rings. The Morgan fingerprint density at radius 3 is 2.88 bits per heavy atom. The van der Waals surface area contributed by atoms with Crippen LogP contribution in [0.3, 0.4) is 0 Å². The molecule has 2 aromatic heterocycles. The van der Waals surface area contributed by atoms with Crippen molar-refractivity contribution in [3.8, 4) is 11.3 Å². The van der Waals surface area contributed by atoms with Crippen molar-refractivity contribution in [2.45, 2.75) is 32.2 Å². The van der Waals surface area contributed by atoms with E-state index in [-0.39, 0.29) is 11.5 Å². The molecule has 0 spiro atoms. The SMILES string of the molecule is CC(C(=O)Nc1nc(-c2ccccc2)cs1)n1nc2c(cc1=O)CCC2. The molecule has 0 aliphatic heterocycles. The second-order valence-corrected chi connectivity index (χ2v) is 7.18. The number of amides is 1. The lowest BCUT2D eigenvalue weighted by Crippen LogP contribution is -2.33. The van der Waals surface area contributed by atoms with Crippen molar-refractivity contribution in [3.05, 3.63) is 63.4 Å². The lowest BCUT2D eigenvalue weighted by molar-refractivity contribution is -0.119. The Kier molecular flexibility index (Phi) is 4.38. The summed E-state index contributed by atoms with van der Waals surface area (Å²) in [7, 11) is 0. The van der Waals surface area contributed by atoms with E-state index in [1.165, 1.54) is 16.0 Å². The second kappa shape index (κ2) is 6.84. The maximum atomic E-state index is 12.6. The third-order valence-electron chi connectivity index (χ3n) is 4.53. The van der Waals surface area contributed by atoms with Crippen LogP contribution in [0.1, 0.15) is 30.6 Å². The quantitative estimate of drug-likeness (QED) is 0.770. The zero-order valence-electron chi connectivity index (χ0n) is 14.3. The van der Waals surface area contributed by atoms with E-state index in [0.717, 1.165) is 41.8 Å². The van der Waals surface area contributed by atoms with Crippen molar-refractivity contribution >= 4 is 22.4 Å². The summed E-state index contributed by atoms with van der Waals surface area (Å²) in [5.74, 6) is -0.300. The third kappa shape index (κ3) is 3.17. The lowest BCUT2D eigenvalue weighted by Gasteiger charge is -2.14. The molecule has 1 atom stereocenters. The fraction of sp³-hybridized carbons (Fsp3) is 0.263. The highest BCUT2D eigenvalue weighted by Crippen LogP contribution is 2.25. The van der Waals surface area contributed by atoms with Gasteiger partial charge in [-0.25, -0.2) is 9.67 Å². The van der Waals surface area contributed by atoms with E-state index < -0.39 is 6.04 Å². The van der Waals surface area contributed by atoms with Gasteiger partial charge in [-0.15, -0.1) is 11.3 Å². The van der Waals surface area contributed by atoms with Gasteiger partial charge >= 0.3 is 0 Å². The first kappa shape index (κ1) is 16.7.